The lowest BCUT2D eigenvalue weighted by molar-refractivity contribution is 0.332. The van der Waals surface area contributed by atoms with Crippen molar-refractivity contribution in [2.24, 2.45) is 0 Å². The summed E-state index contributed by atoms with van der Waals surface area (Å²) in [6.07, 6.45) is 1.83. The molecule has 3 rings (SSSR count). The summed E-state index contributed by atoms with van der Waals surface area (Å²) in [7, 11) is 0. The summed E-state index contributed by atoms with van der Waals surface area (Å²) in [6, 6.07) is 15.9. The van der Waals surface area contributed by atoms with Crippen LogP contribution in [0.25, 0.3) is 10.9 Å². The van der Waals surface area contributed by atoms with Crippen LogP contribution in [-0.4, -0.2) is 23.1 Å². The highest BCUT2D eigenvalue weighted by Gasteiger charge is 1.99. The Morgan fingerprint density at radius 2 is 2.00 bits per heavy atom. The molecule has 1 aromatic heterocycles. The zero-order valence-corrected chi connectivity index (χ0v) is 11.9. The SMILES string of the molecule is Cc1cccc(OCCNc2ncc3ccccc3n2)c1. The molecule has 1 heterocycles. The van der Waals surface area contributed by atoms with Crippen molar-refractivity contribution in [3.63, 3.8) is 0 Å². The summed E-state index contributed by atoms with van der Waals surface area (Å²) >= 11 is 0. The van der Waals surface area contributed by atoms with E-state index in [1.54, 1.807) is 0 Å². The number of hydrogen-bond acceptors (Lipinski definition) is 4. The molecule has 0 spiro atoms. The summed E-state index contributed by atoms with van der Waals surface area (Å²) in [5.41, 5.74) is 2.13. The van der Waals surface area contributed by atoms with Gasteiger partial charge in [0.1, 0.15) is 12.4 Å². The van der Waals surface area contributed by atoms with Crippen LogP contribution in [-0.2, 0) is 0 Å². The van der Waals surface area contributed by atoms with E-state index < -0.39 is 0 Å². The Morgan fingerprint density at radius 1 is 1.10 bits per heavy atom. The number of hydrogen-bond donors (Lipinski definition) is 1. The molecule has 0 atom stereocenters. The minimum atomic E-state index is 0.569. The van der Waals surface area contributed by atoms with E-state index in [2.05, 4.69) is 15.3 Å². The van der Waals surface area contributed by atoms with E-state index in [4.69, 9.17) is 4.74 Å². The first-order valence-electron chi connectivity index (χ1n) is 6.96. The smallest absolute Gasteiger partial charge is 0.223 e. The second-order valence-electron chi connectivity index (χ2n) is 4.84. The van der Waals surface area contributed by atoms with Gasteiger partial charge in [-0.25, -0.2) is 9.97 Å². The summed E-state index contributed by atoms with van der Waals surface area (Å²) in [6.45, 7) is 3.28. The van der Waals surface area contributed by atoms with Gasteiger partial charge in [0.2, 0.25) is 5.95 Å². The number of fused-ring (bicyclic) bond motifs is 1. The molecule has 106 valence electrons. The number of benzene rings is 2. The first-order valence-corrected chi connectivity index (χ1v) is 6.96. The number of ether oxygens (including phenoxy) is 1. The fourth-order valence-corrected chi connectivity index (χ4v) is 2.09. The molecule has 0 unspecified atom stereocenters. The lowest BCUT2D eigenvalue weighted by atomic mass is 10.2. The van der Waals surface area contributed by atoms with Gasteiger partial charge in [-0.3, -0.25) is 0 Å². The molecule has 0 amide bonds. The average Bonchev–Trinajstić information content (AvgIpc) is 2.51. The third kappa shape index (κ3) is 3.48. The predicted octanol–water partition coefficient (Wildman–Crippen LogP) is 3.43. The van der Waals surface area contributed by atoms with Crippen LogP contribution in [0.3, 0.4) is 0 Å². The fraction of sp³-hybridized carbons (Fsp3) is 0.176. The largest absolute Gasteiger partial charge is 0.492 e. The van der Waals surface area contributed by atoms with Crippen molar-refractivity contribution in [1.29, 1.82) is 0 Å². The molecule has 1 N–H and O–H groups in total. The highest BCUT2D eigenvalue weighted by Crippen LogP contribution is 2.13. The molecule has 0 aliphatic rings. The van der Waals surface area contributed by atoms with Gasteiger partial charge in [0, 0.05) is 11.6 Å². The summed E-state index contributed by atoms with van der Waals surface area (Å²) in [5.74, 6) is 1.51. The molecule has 0 radical (unpaired) electrons. The molecule has 2 aromatic carbocycles. The van der Waals surface area contributed by atoms with E-state index in [1.165, 1.54) is 5.56 Å². The molecule has 4 nitrogen and oxygen atoms in total. The molecular formula is C17H17N3O. The maximum Gasteiger partial charge on any atom is 0.223 e. The van der Waals surface area contributed by atoms with Crippen LogP contribution in [0.15, 0.2) is 54.7 Å². The van der Waals surface area contributed by atoms with Crippen molar-refractivity contribution in [3.8, 4) is 5.75 Å². The number of aryl methyl sites for hydroxylation is 1. The maximum absolute atomic E-state index is 5.68. The van der Waals surface area contributed by atoms with Crippen LogP contribution in [0.1, 0.15) is 5.56 Å². The maximum atomic E-state index is 5.68. The van der Waals surface area contributed by atoms with Gasteiger partial charge in [-0.15, -0.1) is 0 Å². The normalized spacial score (nSPS) is 10.5. The van der Waals surface area contributed by atoms with E-state index in [0.717, 1.165) is 16.7 Å². The average molecular weight is 279 g/mol. The van der Waals surface area contributed by atoms with Crippen molar-refractivity contribution >= 4 is 16.9 Å². The lowest BCUT2D eigenvalue weighted by Gasteiger charge is -2.08. The topological polar surface area (TPSA) is 47.0 Å². The Kier molecular flexibility index (Phi) is 3.96. The quantitative estimate of drug-likeness (QED) is 0.727. The van der Waals surface area contributed by atoms with Crippen LogP contribution >= 0.6 is 0 Å². The van der Waals surface area contributed by atoms with Gasteiger partial charge in [-0.2, -0.15) is 0 Å². The van der Waals surface area contributed by atoms with Crippen LogP contribution in [0.2, 0.25) is 0 Å². The molecule has 0 fully saturated rings. The zero-order valence-electron chi connectivity index (χ0n) is 11.9. The fourth-order valence-electron chi connectivity index (χ4n) is 2.09. The molecule has 0 bridgehead atoms. The molecule has 3 aromatic rings. The number of para-hydroxylation sites is 1. The third-order valence-corrected chi connectivity index (χ3v) is 3.13. The first kappa shape index (κ1) is 13.4. The van der Waals surface area contributed by atoms with Gasteiger partial charge in [0.05, 0.1) is 12.1 Å². The highest BCUT2D eigenvalue weighted by atomic mass is 16.5. The summed E-state index contributed by atoms with van der Waals surface area (Å²) < 4.78 is 5.68. The van der Waals surface area contributed by atoms with E-state index in [1.807, 2.05) is 61.7 Å². The van der Waals surface area contributed by atoms with Crippen LogP contribution in [0.5, 0.6) is 5.75 Å². The Hall–Kier alpha value is -2.62. The Labute approximate surface area is 123 Å². The number of nitrogens with one attached hydrogen (secondary N) is 1. The molecular weight excluding hydrogens is 262 g/mol. The number of anilines is 1. The number of aromatic nitrogens is 2. The van der Waals surface area contributed by atoms with E-state index in [-0.39, 0.29) is 0 Å². The lowest BCUT2D eigenvalue weighted by Crippen LogP contribution is -2.13. The first-order chi connectivity index (χ1) is 10.3. The zero-order chi connectivity index (χ0) is 14.5. The molecule has 0 aliphatic carbocycles. The Morgan fingerprint density at radius 3 is 2.90 bits per heavy atom. The van der Waals surface area contributed by atoms with Crippen LogP contribution in [0, 0.1) is 6.92 Å². The van der Waals surface area contributed by atoms with Gasteiger partial charge < -0.3 is 10.1 Å². The number of nitrogens with zero attached hydrogens (tertiary/aromatic N) is 2. The van der Waals surface area contributed by atoms with E-state index in [9.17, 15) is 0 Å². The second-order valence-corrected chi connectivity index (χ2v) is 4.84. The molecule has 0 aliphatic heterocycles. The summed E-state index contributed by atoms with van der Waals surface area (Å²) in [4.78, 5) is 8.74. The van der Waals surface area contributed by atoms with Crippen molar-refractivity contribution in [2.75, 3.05) is 18.5 Å². The van der Waals surface area contributed by atoms with E-state index in [0.29, 0.717) is 19.1 Å². The third-order valence-electron chi connectivity index (χ3n) is 3.13. The van der Waals surface area contributed by atoms with Crippen molar-refractivity contribution in [3.05, 3.63) is 60.3 Å². The van der Waals surface area contributed by atoms with Gasteiger partial charge >= 0.3 is 0 Å². The second kappa shape index (κ2) is 6.22. The summed E-state index contributed by atoms with van der Waals surface area (Å²) in [5, 5.41) is 4.22. The Bertz CT molecular complexity index is 743. The van der Waals surface area contributed by atoms with Gasteiger partial charge in [-0.05, 0) is 30.7 Å². The van der Waals surface area contributed by atoms with Crippen molar-refractivity contribution in [1.82, 2.24) is 9.97 Å². The standard InChI is InChI=1S/C17H17N3O/c1-13-5-4-7-15(11-13)21-10-9-18-17-19-12-14-6-2-3-8-16(14)20-17/h2-8,11-12H,9-10H2,1H3,(H,18,19,20). The molecule has 4 heteroatoms. The van der Waals surface area contributed by atoms with Crippen molar-refractivity contribution in [2.45, 2.75) is 6.92 Å². The molecule has 0 saturated carbocycles. The monoisotopic (exact) mass is 279 g/mol. The Balaban J connectivity index is 1.54. The molecule has 0 saturated heterocycles. The van der Waals surface area contributed by atoms with Gasteiger partial charge in [-0.1, -0.05) is 30.3 Å². The van der Waals surface area contributed by atoms with Gasteiger partial charge in [0.25, 0.3) is 0 Å². The number of rotatable bonds is 5. The predicted molar refractivity (Wildman–Crippen MR) is 84.7 cm³/mol. The van der Waals surface area contributed by atoms with Crippen LogP contribution in [0.4, 0.5) is 5.95 Å². The van der Waals surface area contributed by atoms with Gasteiger partial charge in [0.15, 0.2) is 0 Å². The minimum absolute atomic E-state index is 0.569. The van der Waals surface area contributed by atoms with E-state index >= 15 is 0 Å². The van der Waals surface area contributed by atoms with Crippen molar-refractivity contribution < 1.29 is 4.74 Å². The van der Waals surface area contributed by atoms with Crippen LogP contribution < -0.4 is 10.1 Å². The minimum Gasteiger partial charge on any atom is -0.492 e. The highest BCUT2D eigenvalue weighted by molar-refractivity contribution is 5.78. The molecule has 21 heavy (non-hydrogen) atoms.